The van der Waals surface area contributed by atoms with E-state index in [4.69, 9.17) is 4.74 Å². The smallest absolute Gasteiger partial charge is 0.142 e. The highest BCUT2D eigenvalue weighted by atomic mass is 16.5. The molecule has 0 atom stereocenters. The van der Waals surface area contributed by atoms with Crippen LogP contribution in [0.15, 0.2) is 18.2 Å². The van der Waals surface area contributed by atoms with Gasteiger partial charge in [0.1, 0.15) is 12.4 Å². The summed E-state index contributed by atoms with van der Waals surface area (Å²) in [4.78, 5) is 2.37. The van der Waals surface area contributed by atoms with Crippen molar-refractivity contribution in [3.05, 3.63) is 23.8 Å². The van der Waals surface area contributed by atoms with Crippen LogP contribution in [0.5, 0.6) is 5.75 Å². The highest BCUT2D eigenvalue weighted by Gasteiger charge is 2.20. The van der Waals surface area contributed by atoms with Crippen LogP contribution in [0.2, 0.25) is 0 Å². The molecule has 0 amide bonds. The van der Waals surface area contributed by atoms with Gasteiger partial charge in [-0.25, -0.2) is 0 Å². The van der Waals surface area contributed by atoms with Crippen molar-refractivity contribution < 1.29 is 4.74 Å². The van der Waals surface area contributed by atoms with Gasteiger partial charge in [0.2, 0.25) is 0 Å². The van der Waals surface area contributed by atoms with E-state index in [1.165, 1.54) is 11.3 Å². The van der Waals surface area contributed by atoms with Crippen molar-refractivity contribution in [3.63, 3.8) is 0 Å². The van der Waals surface area contributed by atoms with Crippen molar-refractivity contribution >= 4 is 5.69 Å². The first kappa shape index (κ1) is 11.3. The Morgan fingerprint density at radius 1 is 1.31 bits per heavy atom. The number of ether oxygens (including phenoxy) is 1. The van der Waals surface area contributed by atoms with Gasteiger partial charge in [0.25, 0.3) is 0 Å². The molecule has 0 aliphatic carbocycles. The van der Waals surface area contributed by atoms with Crippen LogP contribution >= 0.6 is 0 Å². The molecule has 0 spiro atoms. The third kappa shape index (κ3) is 2.01. The van der Waals surface area contributed by atoms with E-state index in [1.807, 2.05) is 0 Å². The molecular formula is C14H21NO. The zero-order chi connectivity index (χ0) is 11.8. The molecule has 2 heteroatoms. The highest BCUT2D eigenvalue weighted by molar-refractivity contribution is 5.61. The van der Waals surface area contributed by atoms with Crippen LogP contribution in [0.25, 0.3) is 0 Å². The SMILES string of the molecule is CCN1CCOc2cc(C(C)(C)C)ccc21. The molecule has 1 aromatic rings. The normalized spacial score (nSPS) is 15.6. The van der Waals surface area contributed by atoms with E-state index in [-0.39, 0.29) is 5.41 Å². The number of hydrogen-bond acceptors (Lipinski definition) is 2. The minimum atomic E-state index is 0.187. The van der Waals surface area contributed by atoms with Gasteiger partial charge in [0.15, 0.2) is 0 Å². The largest absolute Gasteiger partial charge is 0.490 e. The van der Waals surface area contributed by atoms with Crippen LogP contribution in [-0.2, 0) is 5.41 Å². The molecule has 0 fully saturated rings. The Bertz CT molecular complexity index is 379. The molecule has 88 valence electrons. The predicted octanol–water partition coefficient (Wildman–Crippen LogP) is 3.20. The Hall–Kier alpha value is -1.18. The third-order valence-corrected chi connectivity index (χ3v) is 3.17. The van der Waals surface area contributed by atoms with E-state index < -0.39 is 0 Å². The number of likely N-dealkylation sites (N-methyl/N-ethyl adjacent to an activating group) is 1. The number of benzene rings is 1. The molecular weight excluding hydrogens is 198 g/mol. The summed E-state index contributed by atoms with van der Waals surface area (Å²) in [5, 5.41) is 0. The van der Waals surface area contributed by atoms with E-state index in [1.54, 1.807) is 0 Å². The monoisotopic (exact) mass is 219 g/mol. The molecule has 2 nitrogen and oxygen atoms in total. The van der Waals surface area contributed by atoms with Gasteiger partial charge in [-0.3, -0.25) is 0 Å². The quantitative estimate of drug-likeness (QED) is 0.719. The summed E-state index contributed by atoms with van der Waals surface area (Å²) in [7, 11) is 0. The summed E-state index contributed by atoms with van der Waals surface area (Å²) in [6.45, 7) is 11.7. The van der Waals surface area contributed by atoms with E-state index in [9.17, 15) is 0 Å². The minimum absolute atomic E-state index is 0.187. The lowest BCUT2D eigenvalue weighted by Crippen LogP contribution is -2.32. The average molecular weight is 219 g/mol. The molecule has 1 aliphatic heterocycles. The molecule has 16 heavy (non-hydrogen) atoms. The van der Waals surface area contributed by atoms with Gasteiger partial charge in [-0.05, 0) is 30.0 Å². The first-order valence-electron chi connectivity index (χ1n) is 6.04. The average Bonchev–Trinajstić information content (AvgIpc) is 2.26. The second-order valence-corrected chi connectivity index (χ2v) is 5.36. The molecule has 0 N–H and O–H groups in total. The van der Waals surface area contributed by atoms with Crippen LogP contribution in [0.3, 0.4) is 0 Å². The molecule has 2 rings (SSSR count). The first-order chi connectivity index (χ1) is 7.52. The predicted molar refractivity (Wildman–Crippen MR) is 68.5 cm³/mol. The maximum atomic E-state index is 5.75. The van der Waals surface area contributed by atoms with Gasteiger partial charge < -0.3 is 9.64 Å². The standard InChI is InChI=1S/C14H21NO/c1-5-15-8-9-16-13-10-11(14(2,3)4)6-7-12(13)15/h6-7,10H,5,8-9H2,1-4H3. The zero-order valence-corrected chi connectivity index (χ0v) is 10.7. The van der Waals surface area contributed by atoms with Gasteiger partial charge in [-0.15, -0.1) is 0 Å². The molecule has 0 saturated heterocycles. The Morgan fingerprint density at radius 3 is 2.69 bits per heavy atom. The second-order valence-electron chi connectivity index (χ2n) is 5.36. The summed E-state index contributed by atoms with van der Waals surface area (Å²) < 4.78 is 5.75. The van der Waals surface area contributed by atoms with Crippen LogP contribution in [0, 0.1) is 0 Å². The third-order valence-electron chi connectivity index (χ3n) is 3.17. The molecule has 1 heterocycles. The molecule has 1 aromatic carbocycles. The maximum absolute atomic E-state index is 5.75. The fourth-order valence-electron chi connectivity index (χ4n) is 2.07. The molecule has 0 radical (unpaired) electrons. The Balaban J connectivity index is 2.39. The topological polar surface area (TPSA) is 12.5 Å². The lowest BCUT2D eigenvalue weighted by molar-refractivity contribution is 0.307. The number of nitrogens with zero attached hydrogens (tertiary/aromatic N) is 1. The van der Waals surface area contributed by atoms with Gasteiger partial charge in [0.05, 0.1) is 12.2 Å². The molecule has 0 saturated carbocycles. The lowest BCUT2D eigenvalue weighted by atomic mass is 9.86. The molecule has 0 unspecified atom stereocenters. The van der Waals surface area contributed by atoms with E-state index >= 15 is 0 Å². The van der Waals surface area contributed by atoms with Crippen LogP contribution in [0.4, 0.5) is 5.69 Å². The van der Waals surface area contributed by atoms with Gasteiger partial charge in [-0.2, -0.15) is 0 Å². The van der Waals surface area contributed by atoms with Gasteiger partial charge in [0, 0.05) is 6.54 Å². The summed E-state index contributed by atoms with van der Waals surface area (Å²) >= 11 is 0. The van der Waals surface area contributed by atoms with Crippen molar-refractivity contribution in [2.75, 3.05) is 24.6 Å². The zero-order valence-electron chi connectivity index (χ0n) is 10.7. The maximum Gasteiger partial charge on any atom is 0.142 e. The fraction of sp³-hybridized carbons (Fsp3) is 0.571. The van der Waals surface area contributed by atoms with E-state index in [0.29, 0.717) is 0 Å². The molecule has 1 aliphatic rings. The lowest BCUT2D eigenvalue weighted by Gasteiger charge is -2.31. The van der Waals surface area contributed by atoms with Crippen LogP contribution in [-0.4, -0.2) is 19.7 Å². The first-order valence-corrected chi connectivity index (χ1v) is 6.04. The van der Waals surface area contributed by atoms with Gasteiger partial charge >= 0.3 is 0 Å². The van der Waals surface area contributed by atoms with Crippen LogP contribution in [0.1, 0.15) is 33.3 Å². The van der Waals surface area contributed by atoms with Crippen molar-refractivity contribution in [1.82, 2.24) is 0 Å². The number of anilines is 1. The summed E-state index contributed by atoms with van der Waals surface area (Å²) in [6, 6.07) is 6.60. The molecule has 0 aromatic heterocycles. The van der Waals surface area contributed by atoms with Crippen molar-refractivity contribution in [1.29, 1.82) is 0 Å². The summed E-state index contributed by atoms with van der Waals surface area (Å²) in [6.07, 6.45) is 0. The van der Waals surface area contributed by atoms with Gasteiger partial charge in [-0.1, -0.05) is 26.8 Å². The minimum Gasteiger partial charge on any atom is -0.490 e. The highest BCUT2D eigenvalue weighted by Crippen LogP contribution is 2.35. The Labute approximate surface area is 98.2 Å². The van der Waals surface area contributed by atoms with Crippen LogP contribution < -0.4 is 9.64 Å². The Kier molecular flexibility index (Phi) is 2.83. The number of rotatable bonds is 1. The van der Waals surface area contributed by atoms with E-state index in [2.05, 4.69) is 50.8 Å². The fourth-order valence-corrected chi connectivity index (χ4v) is 2.07. The van der Waals surface area contributed by atoms with Crippen molar-refractivity contribution in [2.24, 2.45) is 0 Å². The molecule has 0 bridgehead atoms. The Morgan fingerprint density at radius 2 is 2.06 bits per heavy atom. The number of fused-ring (bicyclic) bond motifs is 1. The van der Waals surface area contributed by atoms with Crippen molar-refractivity contribution in [2.45, 2.75) is 33.1 Å². The van der Waals surface area contributed by atoms with E-state index in [0.717, 1.165) is 25.4 Å². The summed E-state index contributed by atoms with van der Waals surface area (Å²) in [5.41, 5.74) is 2.76. The number of hydrogen-bond donors (Lipinski definition) is 0. The summed E-state index contributed by atoms with van der Waals surface area (Å²) in [5.74, 6) is 1.04. The second kappa shape index (κ2) is 4.00. The van der Waals surface area contributed by atoms with Crippen molar-refractivity contribution in [3.8, 4) is 5.75 Å².